The normalized spacial score (nSPS) is 12.3. The SMILES string of the molecule is CCS(=O)(=O)c1cc(Cl)c(N)nc1-c1nnc(-c2cccc(C(F)(F)F)c2)n1C. The summed E-state index contributed by atoms with van der Waals surface area (Å²) in [6, 6.07) is 5.74. The fourth-order valence-corrected chi connectivity index (χ4v) is 3.92. The van der Waals surface area contributed by atoms with E-state index < -0.39 is 21.6 Å². The number of nitrogens with two attached hydrogens (primary N) is 1. The molecular weight excluding hydrogens is 431 g/mol. The number of sulfone groups is 1. The second kappa shape index (κ2) is 7.30. The number of benzene rings is 1. The molecule has 7 nitrogen and oxygen atoms in total. The van der Waals surface area contributed by atoms with E-state index in [9.17, 15) is 21.6 Å². The Morgan fingerprint density at radius 1 is 1.17 bits per heavy atom. The molecule has 0 saturated carbocycles. The summed E-state index contributed by atoms with van der Waals surface area (Å²) in [7, 11) is -2.26. The quantitative estimate of drug-likeness (QED) is 0.658. The van der Waals surface area contributed by atoms with E-state index in [1.54, 1.807) is 0 Å². The third kappa shape index (κ3) is 3.92. The Bertz CT molecular complexity index is 1190. The van der Waals surface area contributed by atoms with E-state index in [0.29, 0.717) is 0 Å². The van der Waals surface area contributed by atoms with Crippen molar-refractivity contribution in [3.63, 3.8) is 0 Å². The van der Waals surface area contributed by atoms with Crippen molar-refractivity contribution in [3.05, 3.63) is 40.9 Å². The minimum Gasteiger partial charge on any atom is -0.382 e. The van der Waals surface area contributed by atoms with Gasteiger partial charge in [0.05, 0.1) is 21.2 Å². The van der Waals surface area contributed by atoms with E-state index in [4.69, 9.17) is 17.3 Å². The molecule has 0 atom stereocenters. The molecule has 1 aromatic carbocycles. The summed E-state index contributed by atoms with van der Waals surface area (Å²) in [6.07, 6.45) is -4.52. The number of rotatable bonds is 4. The smallest absolute Gasteiger partial charge is 0.382 e. The Morgan fingerprint density at radius 2 is 1.83 bits per heavy atom. The van der Waals surface area contributed by atoms with Crippen LogP contribution in [0.1, 0.15) is 12.5 Å². The monoisotopic (exact) mass is 445 g/mol. The van der Waals surface area contributed by atoms with Crippen LogP contribution in [-0.4, -0.2) is 33.9 Å². The van der Waals surface area contributed by atoms with Gasteiger partial charge in [0.2, 0.25) is 0 Å². The molecule has 3 rings (SSSR count). The van der Waals surface area contributed by atoms with Gasteiger partial charge in [0, 0.05) is 12.6 Å². The summed E-state index contributed by atoms with van der Waals surface area (Å²) in [5.74, 6) is -0.213. The highest BCUT2D eigenvalue weighted by molar-refractivity contribution is 7.91. The summed E-state index contributed by atoms with van der Waals surface area (Å²) in [5.41, 5.74) is 4.96. The lowest BCUT2D eigenvalue weighted by atomic mass is 10.1. The van der Waals surface area contributed by atoms with Gasteiger partial charge in [0.1, 0.15) is 11.5 Å². The molecule has 0 aliphatic heterocycles. The Balaban J connectivity index is 2.21. The lowest BCUT2D eigenvalue weighted by molar-refractivity contribution is -0.137. The zero-order chi connectivity index (χ0) is 21.6. The number of alkyl halides is 3. The van der Waals surface area contributed by atoms with Crippen LogP contribution in [0.3, 0.4) is 0 Å². The number of aromatic nitrogens is 4. The average Bonchev–Trinajstić information content (AvgIpc) is 3.04. The van der Waals surface area contributed by atoms with Crippen LogP contribution in [0.2, 0.25) is 5.02 Å². The minimum atomic E-state index is -4.52. The highest BCUT2D eigenvalue weighted by Gasteiger charge is 2.31. The molecular formula is C17H15ClF3N5O2S. The lowest BCUT2D eigenvalue weighted by Crippen LogP contribution is -2.10. The summed E-state index contributed by atoms with van der Waals surface area (Å²) in [5, 5.41) is 7.82. The summed E-state index contributed by atoms with van der Waals surface area (Å²) in [6.45, 7) is 1.45. The van der Waals surface area contributed by atoms with Gasteiger partial charge < -0.3 is 10.3 Å². The predicted molar refractivity (Wildman–Crippen MR) is 102 cm³/mol. The molecule has 0 radical (unpaired) electrons. The molecule has 0 aliphatic carbocycles. The number of anilines is 1. The van der Waals surface area contributed by atoms with Crippen molar-refractivity contribution >= 4 is 27.3 Å². The van der Waals surface area contributed by atoms with Gasteiger partial charge in [0.15, 0.2) is 21.5 Å². The Labute approximate surface area is 169 Å². The molecule has 0 unspecified atom stereocenters. The van der Waals surface area contributed by atoms with E-state index >= 15 is 0 Å². The number of nitrogens with zero attached hydrogens (tertiary/aromatic N) is 4. The van der Waals surface area contributed by atoms with Gasteiger partial charge >= 0.3 is 6.18 Å². The third-order valence-corrected chi connectivity index (χ3v) is 6.26. The molecule has 2 N–H and O–H groups in total. The topological polar surface area (TPSA) is 104 Å². The molecule has 2 aromatic heterocycles. The first-order valence-corrected chi connectivity index (χ1v) is 10.2. The van der Waals surface area contributed by atoms with Crippen LogP contribution in [0, 0.1) is 0 Å². The van der Waals surface area contributed by atoms with Crippen LogP contribution in [0.15, 0.2) is 35.2 Å². The first kappa shape index (κ1) is 21.1. The number of hydrogen-bond donors (Lipinski definition) is 1. The minimum absolute atomic E-state index is 0.0211. The molecule has 154 valence electrons. The number of nitrogen functional groups attached to an aromatic ring is 1. The molecule has 0 bridgehead atoms. The predicted octanol–water partition coefficient (Wildman–Crippen LogP) is 3.59. The van der Waals surface area contributed by atoms with Gasteiger partial charge in [-0.3, -0.25) is 0 Å². The van der Waals surface area contributed by atoms with Gasteiger partial charge in [-0.1, -0.05) is 30.7 Å². The number of halogens is 4. The second-order valence-corrected chi connectivity index (χ2v) is 8.74. The van der Waals surface area contributed by atoms with Crippen LogP contribution in [-0.2, 0) is 23.1 Å². The van der Waals surface area contributed by atoms with Crippen LogP contribution in [0.4, 0.5) is 19.0 Å². The van der Waals surface area contributed by atoms with Gasteiger partial charge in [0.25, 0.3) is 0 Å². The highest BCUT2D eigenvalue weighted by Crippen LogP contribution is 2.34. The van der Waals surface area contributed by atoms with Crippen LogP contribution < -0.4 is 5.73 Å². The standard InChI is InChI=1S/C17H15ClF3N5O2S/c1-3-29(27,28)12-8-11(18)14(22)23-13(12)16-25-24-15(26(16)2)9-5-4-6-10(7-9)17(19,20)21/h4-8H,3H2,1-2H3,(H2,22,23). The molecule has 29 heavy (non-hydrogen) atoms. The molecule has 3 aromatic rings. The van der Waals surface area contributed by atoms with Crippen molar-refractivity contribution in [3.8, 4) is 22.9 Å². The van der Waals surface area contributed by atoms with Crippen molar-refractivity contribution in [1.29, 1.82) is 0 Å². The van der Waals surface area contributed by atoms with E-state index in [0.717, 1.165) is 12.1 Å². The van der Waals surface area contributed by atoms with Gasteiger partial charge in [-0.05, 0) is 18.2 Å². The molecule has 0 fully saturated rings. The van der Waals surface area contributed by atoms with E-state index in [-0.39, 0.29) is 44.4 Å². The zero-order valence-corrected chi connectivity index (χ0v) is 16.8. The summed E-state index contributed by atoms with van der Waals surface area (Å²) >= 11 is 5.94. The fraction of sp³-hybridized carbons (Fsp3) is 0.235. The van der Waals surface area contributed by atoms with Crippen molar-refractivity contribution in [1.82, 2.24) is 19.7 Å². The molecule has 0 saturated heterocycles. The Hall–Kier alpha value is -2.66. The first-order chi connectivity index (χ1) is 13.5. The van der Waals surface area contributed by atoms with E-state index in [1.165, 1.54) is 36.7 Å². The molecule has 0 amide bonds. The maximum Gasteiger partial charge on any atom is 0.416 e. The van der Waals surface area contributed by atoms with Crippen LogP contribution >= 0.6 is 11.6 Å². The average molecular weight is 446 g/mol. The van der Waals surface area contributed by atoms with Crippen molar-refractivity contribution in [2.24, 2.45) is 7.05 Å². The number of pyridine rings is 1. The van der Waals surface area contributed by atoms with Crippen molar-refractivity contribution in [2.75, 3.05) is 11.5 Å². The Kier molecular flexibility index (Phi) is 5.30. The Morgan fingerprint density at radius 3 is 2.45 bits per heavy atom. The van der Waals surface area contributed by atoms with E-state index in [1.807, 2.05) is 0 Å². The number of hydrogen-bond acceptors (Lipinski definition) is 6. The third-order valence-electron chi connectivity index (χ3n) is 4.22. The molecule has 2 heterocycles. The van der Waals surface area contributed by atoms with Gasteiger partial charge in [-0.2, -0.15) is 13.2 Å². The lowest BCUT2D eigenvalue weighted by Gasteiger charge is -2.11. The maximum atomic E-state index is 13.0. The van der Waals surface area contributed by atoms with Crippen molar-refractivity contribution in [2.45, 2.75) is 18.0 Å². The molecule has 0 spiro atoms. The fourth-order valence-electron chi connectivity index (χ4n) is 2.66. The summed E-state index contributed by atoms with van der Waals surface area (Å²) < 4.78 is 65.3. The van der Waals surface area contributed by atoms with Gasteiger partial charge in [-0.15, -0.1) is 10.2 Å². The second-order valence-electron chi connectivity index (χ2n) is 6.09. The maximum absolute atomic E-state index is 13.0. The zero-order valence-electron chi connectivity index (χ0n) is 15.2. The molecule has 0 aliphatic rings. The first-order valence-electron chi connectivity index (χ1n) is 8.22. The van der Waals surface area contributed by atoms with Crippen LogP contribution in [0.5, 0.6) is 0 Å². The van der Waals surface area contributed by atoms with Crippen LogP contribution in [0.25, 0.3) is 22.9 Å². The largest absolute Gasteiger partial charge is 0.416 e. The summed E-state index contributed by atoms with van der Waals surface area (Å²) in [4.78, 5) is 3.86. The highest BCUT2D eigenvalue weighted by atomic mass is 35.5. The molecule has 12 heteroatoms. The van der Waals surface area contributed by atoms with Gasteiger partial charge in [-0.25, -0.2) is 13.4 Å². The van der Waals surface area contributed by atoms with Crippen molar-refractivity contribution < 1.29 is 21.6 Å². The van der Waals surface area contributed by atoms with E-state index in [2.05, 4.69) is 15.2 Å².